The number of primary amides is 1. The van der Waals surface area contributed by atoms with Crippen LogP contribution in [0.1, 0.15) is 13.3 Å². The second kappa shape index (κ2) is 5.85. The minimum absolute atomic E-state index is 0.0551. The number of carbonyl (C=O) groups excluding carboxylic acids is 1. The van der Waals surface area contributed by atoms with Crippen molar-refractivity contribution in [2.75, 3.05) is 18.5 Å². The number of nitrogens with zero attached hydrogens (tertiary/aromatic N) is 1. The van der Waals surface area contributed by atoms with E-state index in [1.165, 1.54) is 0 Å². The van der Waals surface area contributed by atoms with Crippen molar-refractivity contribution >= 4 is 11.7 Å². The van der Waals surface area contributed by atoms with Crippen molar-refractivity contribution in [3.05, 3.63) is 18.3 Å². The highest BCUT2D eigenvalue weighted by Crippen LogP contribution is 2.20. The molecule has 1 aromatic heterocycles. The quantitative estimate of drug-likeness (QED) is 0.725. The van der Waals surface area contributed by atoms with E-state index >= 15 is 0 Å². The fourth-order valence-electron chi connectivity index (χ4n) is 1.02. The van der Waals surface area contributed by atoms with Crippen LogP contribution in [0.5, 0.6) is 5.75 Å². The van der Waals surface area contributed by atoms with E-state index in [1.807, 2.05) is 6.92 Å². The molecule has 0 aliphatic carbocycles. The molecule has 0 fully saturated rings. The zero-order valence-corrected chi connectivity index (χ0v) is 8.69. The molecule has 0 saturated carbocycles. The number of amides is 1. The van der Waals surface area contributed by atoms with Crippen molar-refractivity contribution in [2.24, 2.45) is 5.73 Å². The van der Waals surface area contributed by atoms with Crippen molar-refractivity contribution < 1.29 is 9.53 Å². The van der Waals surface area contributed by atoms with Crippen LogP contribution in [-0.2, 0) is 4.79 Å². The van der Waals surface area contributed by atoms with E-state index in [0.717, 1.165) is 6.42 Å². The van der Waals surface area contributed by atoms with Gasteiger partial charge in [-0.2, -0.15) is 0 Å². The van der Waals surface area contributed by atoms with Gasteiger partial charge in [-0.3, -0.25) is 4.79 Å². The number of carbonyl (C=O) groups is 1. The molecule has 3 N–H and O–H groups in total. The maximum atomic E-state index is 10.6. The fraction of sp³-hybridized carbons (Fsp3) is 0.400. The summed E-state index contributed by atoms with van der Waals surface area (Å²) in [4.78, 5) is 14.6. The molecule has 0 unspecified atom stereocenters. The molecular weight excluding hydrogens is 194 g/mol. The molecule has 0 bridgehead atoms. The predicted octanol–water partition coefficient (Wildman–Crippen LogP) is 0.768. The van der Waals surface area contributed by atoms with E-state index in [-0.39, 0.29) is 6.54 Å². The molecule has 82 valence electrons. The Morgan fingerprint density at radius 1 is 1.67 bits per heavy atom. The van der Waals surface area contributed by atoms with E-state index in [0.29, 0.717) is 18.2 Å². The first-order chi connectivity index (χ1) is 7.24. The van der Waals surface area contributed by atoms with Gasteiger partial charge in [0.2, 0.25) is 5.91 Å². The third-order valence-corrected chi connectivity index (χ3v) is 1.66. The number of hydrogen-bond donors (Lipinski definition) is 2. The first-order valence-corrected chi connectivity index (χ1v) is 4.84. The summed E-state index contributed by atoms with van der Waals surface area (Å²) in [7, 11) is 0. The summed E-state index contributed by atoms with van der Waals surface area (Å²) in [6.07, 6.45) is 2.55. The van der Waals surface area contributed by atoms with Gasteiger partial charge in [0.15, 0.2) is 11.6 Å². The van der Waals surface area contributed by atoms with Crippen molar-refractivity contribution in [3.8, 4) is 5.75 Å². The Balaban J connectivity index is 2.63. The molecule has 1 aromatic rings. The molecule has 0 aliphatic heterocycles. The van der Waals surface area contributed by atoms with Gasteiger partial charge < -0.3 is 15.8 Å². The van der Waals surface area contributed by atoms with Gasteiger partial charge in [-0.15, -0.1) is 0 Å². The van der Waals surface area contributed by atoms with E-state index in [1.54, 1.807) is 18.3 Å². The molecule has 5 nitrogen and oxygen atoms in total. The smallest absolute Gasteiger partial charge is 0.236 e. The maximum absolute atomic E-state index is 10.6. The Hall–Kier alpha value is -1.78. The second-order valence-electron chi connectivity index (χ2n) is 3.02. The maximum Gasteiger partial charge on any atom is 0.236 e. The van der Waals surface area contributed by atoms with E-state index in [4.69, 9.17) is 10.5 Å². The van der Waals surface area contributed by atoms with Crippen LogP contribution >= 0.6 is 0 Å². The fourth-order valence-corrected chi connectivity index (χ4v) is 1.02. The average Bonchev–Trinajstić information content (AvgIpc) is 2.24. The molecule has 0 saturated heterocycles. The topological polar surface area (TPSA) is 77.2 Å². The lowest BCUT2D eigenvalue weighted by atomic mass is 10.4. The van der Waals surface area contributed by atoms with E-state index < -0.39 is 5.91 Å². The van der Waals surface area contributed by atoms with Gasteiger partial charge in [0.25, 0.3) is 0 Å². The summed E-state index contributed by atoms with van der Waals surface area (Å²) in [5.41, 5.74) is 5.02. The predicted molar refractivity (Wildman–Crippen MR) is 57.7 cm³/mol. The first kappa shape index (κ1) is 11.3. The lowest BCUT2D eigenvalue weighted by Gasteiger charge is -2.10. The minimum atomic E-state index is -0.429. The van der Waals surface area contributed by atoms with Crippen LogP contribution in [0.3, 0.4) is 0 Å². The molecule has 15 heavy (non-hydrogen) atoms. The summed E-state index contributed by atoms with van der Waals surface area (Å²) in [6.45, 7) is 2.70. The molecule has 0 spiro atoms. The third kappa shape index (κ3) is 3.84. The Bertz CT molecular complexity index is 328. The first-order valence-electron chi connectivity index (χ1n) is 4.84. The number of hydrogen-bond acceptors (Lipinski definition) is 4. The summed E-state index contributed by atoms with van der Waals surface area (Å²) in [6, 6.07) is 3.58. The summed E-state index contributed by atoms with van der Waals surface area (Å²) >= 11 is 0. The monoisotopic (exact) mass is 209 g/mol. The normalized spacial score (nSPS) is 9.67. The van der Waals surface area contributed by atoms with Gasteiger partial charge in [-0.05, 0) is 18.6 Å². The zero-order chi connectivity index (χ0) is 11.1. The molecule has 0 aliphatic rings. The van der Waals surface area contributed by atoms with Crippen LogP contribution < -0.4 is 15.8 Å². The molecule has 1 amide bonds. The number of rotatable bonds is 6. The van der Waals surface area contributed by atoms with Crippen LogP contribution in [0, 0.1) is 0 Å². The van der Waals surface area contributed by atoms with Gasteiger partial charge in [0.05, 0.1) is 13.2 Å². The lowest BCUT2D eigenvalue weighted by molar-refractivity contribution is -0.116. The summed E-state index contributed by atoms with van der Waals surface area (Å²) in [5.74, 6) is 0.757. The molecular formula is C10H15N3O2. The van der Waals surface area contributed by atoms with E-state index in [2.05, 4.69) is 10.3 Å². The van der Waals surface area contributed by atoms with Crippen molar-refractivity contribution in [1.82, 2.24) is 4.98 Å². The second-order valence-corrected chi connectivity index (χ2v) is 3.02. The molecule has 0 aromatic carbocycles. The largest absolute Gasteiger partial charge is 0.490 e. The van der Waals surface area contributed by atoms with Crippen LogP contribution in [0.25, 0.3) is 0 Å². The minimum Gasteiger partial charge on any atom is -0.490 e. The zero-order valence-electron chi connectivity index (χ0n) is 8.69. The summed E-state index contributed by atoms with van der Waals surface area (Å²) < 4.78 is 5.44. The Morgan fingerprint density at radius 2 is 2.47 bits per heavy atom. The van der Waals surface area contributed by atoms with E-state index in [9.17, 15) is 4.79 Å². The number of pyridine rings is 1. The highest BCUT2D eigenvalue weighted by molar-refractivity contribution is 5.78. The van der Waals surface area contributed by atoms with Crippen LogP contribution in [0.2, 0.25) is 0 Å². The lowest BCUT2D eigenvalue weighted by Crippen LogP contribution is -2.22. The number of anilines is 1. The number of nitrogens with one attached hydrogen (secondary N) is 1. The van der Waals surface area contributed by atoms with Crippen LogP contribution in [-0.4, -0.2) is 24.0 Å². The summed E-state index contributed by atoms with van der Waals surface area (Å²) in [5, 5.41) is 2.81. The number of nitrogens with two attached hydrogens (primary N) is 1. The Kier molecular flexibility index (Phi) is 4.40. The molecule has 1 rings (SSSR count). The molecule has 5 heteroatoms. The highest BCUT2D eigenvalue weighted by Gasteiger charge is 2.04. The van der Waals surface area contributed by atoms with Gasteiger partial charge >= 0.3 is 0 Å². The standard InChI is InChI=1S/C10H15N3O2/c1-2-6-15-8-4-3-5-12-10(8)13-7-9(11)14/h3-5H,2,6-7H2,1H3,(H2,11,14)(H,12,13). The van der Waals surface area contributed by atoms with Crippen molar-refractivity contribution in [3.63, 3.8) is 0 Å². The molecule has 0 atom stereocenters. The van der Waals surface area contributed by atoms with Gasteiger partial charge in [-0.1, -0.05) is 6.92 Å². The number of ether oxygens (including phenoxy) is 1. The third-order valence-electron chi connectivity index (χ3n) is 1.66. The molecule has 0 radical (unpaired) electrons. The Labute approximate surface area is 88.6 Å². The SMILES string of the molecule is CCCOc1cccnc1NCC(N)=O. The van der Waals surface area contributed by atoms with Gasteiger partial charge in [-0.25, -0.2) is 4.98 Å². The average molecular weight is 209 g/mol. The van der Waals surface area contributed by atoms with Crippen molar-refractivity contribution in [1.29, 1.82) is 0 Å². The van der Waals surface area contributed by atoms with Crippen molar-refractivity contribution in [2.45, 2.75) is 13.3 Å². The van der Waals surface area contributed by atoms with Gasteiger partial charge in [0, 0.05) is 6.20 Å². The van der Waals surface area contributed by atoms with Gasteiger partial charge in [0.1, 0.15) is 0 Å². The highest BCUT2D eigenvalue weighted by atomic mass is 16.5. The number of aromatic nitrogens is 1. The molecule has 1 heterocycles. The Morgan fingerprint density at radius 3 is 3.13 bits per heavy atom. The van der Waals surface area contributed by atoms with Crippen LogP contribution in [0.15, 0.2) is 18.3 Å². The van der Waals surface area contributed by atoms with Crippen LogP contribution in [0.4, 0.5) is 5.82 Å².